The van der Waals surface area contributed by atoms with Crippen molar-refractivity contribution in [3.63, 3.8) is 0 Å². The van der Waals surface area contributed by atoms with Crippen molar-refractivity contribution in [2.45, 2.75) is 20.8 Å². The zero-order chi connectivity index (χ0) is 20.7. The van der Waals surface area contributed by atoms with Gasteiger partial charge in [0.05, 0.1) is 18.2 Å². The molecule has 150 valence electrons. The summed E-state index contributed by atoms with van der Waals surface area (Å²) in [6.45, 7) is 7.49. The van der Waals surface area contributed by atoms with Gasteiger partial charge in [-0.05, 0) is 67.0 Å². The van der Waals surface area contributed by atoms with Crippen LogP contribution in [-0.4, -0.2) is 43.5 Å². The van der Waals surface area contributed by atoms with Gasteiger partial charge in [-0.15, -0.1) is 0 Å². The van der Waals surface area contributed by atoms with Crippen molar-refractivity contribution in [3.8, 4) is 11.5 Å². The molecule has 0 aliphatic rings. The van der Waals surface area contributed by atoms with Crippen LogP contribution < -0.4 is 14.8 Å². The van der Waals surface area contributed by atoms with E-state index in [0.717, 1.165) is 0 Å². The SMILES string of the molecule is CCOc1c(Br)cc(C(=O)Nc2cccc(C(=O)N(CC)CC)c2)cc1OC. The molecule has 0 unspecified atom stereocenters. The predicted molar refractivity (Wildman–Crippen MR) is 114 cm³/mol. The van der Waals surface area contributed by atoms with Gasteiger partial charge in [-0.25, -0.2) is 0 Å². The van der Waals surface area contributed by atoms with Crippen LogP contribution in [0.25, 0.3) is 0 Å². The Morgan fingerprint density at radius 3 is 2.39 bits per heavy atom. The average Bonchev–Trinajstić information content (AvgIpc) is 2.70. The highest BCUT2D eigenvalue weighted by Crippen LogP contribution is 2.36. The fourth-order valence-corrected chi connectivity index (χ4v) is 3.32. The first kappa shape index (κ1) is 21.8. The molecule has 0 saturated heterocycles. The standard InChI is InChI=1S/C21H25BrN2O4/c1-5-24(6-2)21(26)14-9-8-10-16(11-14)23-20(25)15-12-17(22)19(28-7-3)18(13-15)27-4/h8-13H,5-7H2,1-4H3,(H,23,25). The summed E-state index contributed by atoms with van der Waals surface area (Å²) in [6, 6.07) is 10.2. The number of hydrogen-bond acceptors (Lipinski definition) is 4. The number of carbonyl (C=O) groups excluding carboxylic acids is 2. The molecule has 0 aromatic heterocycles. The lowest BCUT2D eigenvalue weighted by atomic mass is 10.1. The number of anilines is 1. The molecule has 0 atom stereocenters. The Kier molecular flexibility index (Phi) is 7.87. The van der Waals surface area contributed by atoms with Gasteiger partial charge < -0.3 is 19.7 Å². The van der Waals surface area contributed by atoms with Gasteiger partial charge in [0, 0.05) is 29.9 Å². The van der Waals surface area contributed by atoms with Crippen LogP contribution in [0.15, 0.2) is 40.9 Å². The smallest absolute Gasteiger partial charge is 0.255 e. The highest BCUT2D eigenvalue weighted by atomic mass is 79.9. The minimum Gasteiger partial charge on any atom is -0.493 e. The van der Waals surface area contributed by atoms with E-state index in [0.29, 0.717) is 52.5 Å². The molecule has 7 heteroatoms. The average molecular weight is 449 g/mol. The molecule has 0 aliphatic carbocycles. The second-order valence-corrected chi connectivity index (χ2v) is 6.79. The number of nitrogens with one attached hydrogen (secondary N) is 1. The van der Waals surface area contributed by atoms with Gasteiger partial charge in [0.15, 0.2) is 11.5 Å². The summed E-state index contributed by atoms with van der Waals surface area (Å²) in [5.74, 6) is 0.640. The first-order valence-corrected chi connectivity index (χ1v) is 9.95. The number of hydrogen-bond donors (Lipinski definition) is 1. The first-order valence-electron chi connectivity index (χ1n) is 9.16. The maximum absolute atomic E-state index is 12.7. The van der Waals surface area contributed by atoms with E-state index in [9.17, 15) is 9.59 Å². The minimum absolute atomic E-state index is 0.0634. The molecule has 0 spiro atoms. The van der Waals surface area contributed by atoms with E-state index in [2.05, 4.69) is 21.2 Å². The van der Waals surface area contributed by atoms with E-state index in [-0.39, 0.29) is 11.8 Å². The molecule has 0 fully saturated rings. The van der Waals surface area contributed by atoms with Gasteiger partial charge in [-0.3, -0.25) is 9.59 Å². The van der Waals surface area contributed by atoms with Crippen LogP contribution in [0.3, 0.4) is 0 Å². The Morgan fingerprint density at radius 2 is 1.79 bits per heavy atom. The second-order valence-electron chi connectivity index (χ2n) is 5.93. The lowest BCUT2D eigenvalue weighted by Crippen LogP contribution is -2.30. The third-order valence-corrected chi connectivity index (χ3v) is 4.79. The molecule has 2 amide bonds. The van der Waals surface area contributed by atoms with Gasteiger partial charge >= 0.3 is 0 Å². The number of carbonyl (C=O) groups is 2. The monoisotopic (exact) mass is 448 g/mol. The van der Waals surface area contributed by atoms with Crippen LogP contribution in [0.4, 0.5) is 5.69 Å². The van der Waals surface area contributed by atoms with Crippen molar-refractivity contribution in [1.29, 1.82) is 0 Å². The summed E-state index contributed by atoms with van der Waals surface area (Å²) in [6.07, 6.45) is 0. The van der Waals surface area contributed by atoms with E-state index >= 15 is 0 Å². The molecular weight excluding hydrogens is 424 g/mol. The highest BCUT2D eigenvalue weighted by molar-refractivity contribution is 9.10. The Morgan fingerprint density at radius 1 is 1.07 bits per heavy atom. The Hall–Kier alpha value is -2.54. The van der Waals surface area contributed by atoms with Gasteiger partial charge in [0.2, 0.25) is 0 Å². The molecule has 0 radical (unpaired) electrons. The summed E-state index contributed by atoms with van der Waals surface area (Å²) in [5.41, 5.74) is 1.49. The highest BCUT2D eigenvalue weighted by Gasteiger charge is 2.17. The van der Waals surface area contributed by atoms with E-state index in [1.165, 1.54) is 7.11 Å². The first-order chi connectivity index (χ1) is 13.4. The maximum Gasteiger partial charge on any atom is 0.255 e. The zero-order valence-electron chi connectivity index (χ0n) is 16.5. The van der Waals surface area contributed by atoms with E-state index in [1.54, 1.807) is 41.3 Å². The molecule has 2 aromatic carbocycles. The minimum atomic E-state index is -0.311. The van der Waals surface area contributed by atoms with E-state index < -0.39 is 0 Å². The third-order valence-electron chi connectivity index (χ3n) is 4.20. The van der Waals surface area contributed by atoms with E-state index in [4.69, 9.17) is 9.47 Å². The summed E-state index contributed by atoms with van der Waals surface area (Å²) >= 11 is 3.42. The van der Waals surface area contributed by atoms with Crippen LogP contribution in [-0.2, 0) is 0 Å². The number of amides is 2. The summed E-state index contributed by atoms with van der Waals surface area (Å²) in [4.78, 5) is 27.0. The van der Waals surface area contributed by atoms with Crippen molar-refractivity contribution in [3.05, 3.63) is 52.0 Å². The number of halogens is 1. The van der Waals surface area contributed by atoms with Crippen molar-refractivity contribution in [2.75, 3.05) is 32.1 Å². The molecule has 2 aromatic rings. The Balaban J connectivity index is 2.25. The molecule has 28 heavy (non-hydrogen) atoms. The quantitative estimate of drug-likeness (QED) is 0.640. The predicted octanol–water partition coefficient (Wildman–Crippen LogP) is 4.59. The summed E-state index contributed by atoms with van der Waals surface area (Å²) in [7, 11) is 1.52. The van der Waals surface area contributed by atoms with Crippen molar-refractivity contribution in [2.24, 2.45) is 0 Å². The largest absolute Gasteiger partial charge is 0.493 e. The topological polar surface area (TPSA) is 67.9 Å². The van der Waals surface area contributed by atoms with Crippen LogP contribution in [0, 0.1) is 0 Å². The normalized spacial score (nSPS) is 10.3. The van der Waals surface area contributed by atoms with Crippen molar-refractivity contribution < 1.29 is 19.1 Å². The molecule has 0 saturated carbocycles. The van der Waals surface area contributed by atoms with Crippen molar-refractivity contribution >= 4 is 33.4 Å². The number of benzene rings is 2. The van der Waals surface area contributed by atoms with E-state index in [1.807, 2.05) is 20.8 Å². The molecule has 0 aliphatic heterocycles. The van der Waals surface area contributed by atoms with Crippen LogP contribution in [0.5, 0.6) is 11.5 Å². The zero-order valence-corrected chi connectivity index (χ0v) is 18.1. The van der Waals surface area contributed by atoms with Crippen LogP contribution in [0.2, 0.25) is 0 Å². The Bertz CT molecular complexity index is 850. The molecule has 0 bridgehead atoms. The maximum atomic E-state index is 12.7. The van der Waals surface area contributed by atoms with Crippen LogP contribution in [0.1, 0.15) is 41.5 Å². The summed E-state index contributed by atoms with van der Waals surface area (Å²) in [5, 5.41) is 2.83. The third kappa shape index (κ3) is 5.04. The molecule has 6 nitrogen and oxygen atoms in total. The molecule has 1 N–H and O–H groups in total. The second kappa shape index (κ2) is 10.1. The number of rotatable bonds is 8. The van der Waals surface area contributed by atoms with Crippen LogP contribution >= 0.6 is 15.9 Å². The fourth-order valence-electron chi connectivity index (χ4n) is 2.76. The van der Waals surface area contributed by atoms with Crippen molar-refractivity contribution in [1.82, 2.24) is 4.90 Å². The van der Waals surface area contributed by atoms with Gasteiger partial charge in [0.25, 0.3) is 11.8 Å². The molecular formula is C21H25BrN2O4. The van der Waals surface area contributed by atoms with Gasteiger partial charge in [-0.1, -0.05) is 6.07 Å². The molecule has 0 heterocycles. The van der Waals surface area contributed by atoms with Gasteiger partial charge in [-0.2, -0.15) is 0 Å². The molecule has 2 rings (SSSR count). The Labute approximate surface area is 174 Å². The lowest BCUT2D eigenvalue weighted by molar-refractivity contribution is 0.0772. The number of methoxy groups -OCH3 is 1. The lowest BCUT2D eigenvalue weighted by Gasteiger charge is -2.19. The fraction of sp³-hybridized carbons (Fsp3) is 0.333. The number of ether oxygens (including phenoxy) is 2. The number of nitrogens with zero attached hydrogens (tertiary/aromatic N) is 1. The van der Waals surface area contributed by atoms with Gasteiger partial charge in [0.1, 0.15) is 0 Å². The summed E-state index contributed by atoms with van der Waals surface area (Å²) < 4.78 is 11.5.